The zero-order valence-electron chi connectivity index (χ0n) is 15.2. The minimum atomic E-state index is -0.355. The van der Waals surface area contributed by atoms with Gasteiger partial charge in [-0.05, 0) is 54.2 Å². The number of ether oxygens (including phenoxy) is 1. The van der Waals surface area contributed by atoms with E-state index in [1.807, 2.05) is 24.3 Å². The third-order valence-electron chi connectivity index (χ3n) is 4.53. The van der Waals surface area contributed by atoms with E-state index in [2.05, 4.69) is 15.1 Å². The maximum absolute atomic E-state index is 11.5. The van der Waals surface area contributed by atoms with E-state index in [4.69, 9.17) is 17.0 Å². The Morgan fingerprint density at radius 2 is 1.85 bits per heavy atom. The summed E-state index contributed by atoms with van der Waals surface area (Å²) in [7, 11) is 1.36. The Morgan fingerprint density at radius 3 is 2.48 bits per heavy atom. The number of methoxy groups -OCH3 is 1. The van der Waals surface area contributed by atoms with Crippen molar-refractivity contribution in [1.82, 2.24) is 9.80 Å². The fourth-order valence-corrected chi connectivity index (χ4v) is 3.33. The number of benzene rings is 2. The van der Waals surface area contributed by atoms with Crippen LogP contribution < -0.4 is 5.32 Å². The molecule has 0 saturated carbocycles. The number of hydrogen-bond donors (Lipinski definition) is 2. The van der Waals surface area contributed by atoms with Crippen LogP contribution in [0.25, 0.3) is 0 Å². The first kappa shape index (κ1) is 19.1. The van der Waals surface area contributed by atoms with Crippen LogP contribution in [-0.2, 0) is 11.3 Å². The molecule has 1 heterocycles. The topological polar surface area (TPSA) is 65.0 Å². The Kier molecular flexibility index (Phi) is 6.26. The van der Waals surface area contributed by atoms with E-state index in [0.29, 0.717) is 16.4 Å². The second-order valence-electron chi connectivity index (χ2n) is 6.43. The highest BCUT2D eigenvalue weighted by atomic mass is 32.1. The molecule has 3 rings (SSSR count). The molecule has 1 saturated heterocycles. The van der Waals surface area contributed by atoms with Crippen LogP contribution in [0.3, 0.4) is 0 Å². The number of phenols is 1. The van der Waals surface area contributed by atoms with Crippen molar-refractivity contribution >= 4 is 29.0 Å². The first-order valence-corrected chi connectivity index (χ1v) is 9.20. The van der Waals surface area contributed by atoms with Gasteiger partial charge in [-0.15, -0.1) is 0 Å². The number of hydrogen-bond acceptors (Lipinski definition) is 5. The minimum Gasteiger partial charge on any atom is -0.508 e. The van der Waals surface area contributed by atoms with Crippen LogP contribution in [0.15, 0.2) is 48.5 Å². The number of nitrogens with zero attached hydrogens (tertiary/aromatic N) is 2. The second kappa shape index (κ2) is 8.83. The molecule has 27 heavy (non-hydrogen) atoms. The van der Waals surface area contributed by atoms with Crippen LogP contribution in [-0.4, -0.2) is 59.3 Å². The highest BCUT2D eigenvalue weighted by molar-refractivity contribution is 7.80. The molecule has 1 aliphatic heterocycles. The van der Waals surface area contributed by atoms with Crippen molar-refractivity contribution in [2.45, 2.75) is 6.54 Å². The predicted molar refractivity (Wildman–Crippen MR) is 109 cm³/mol. The molecule has 0 atom stereocenters. The maximum atomic E-state index is 11.5. The number of carbonyl (C=O) groups is 1. The third kappa shape index (κ3) is 5.18. The molecule has 0 bridgehead atoms. The van der Waals surface area contributed by atoms with Gasteiger partial charge in [0.1, 0.15) is 5.75 Å². The van der Waals surface area contributed by atoms with Gasteiger partial charge in [0.05, 0.1) is 12.7 Å². The van der Waals surface area contributed by atoms with Crippen molar-refractivity contribution < 1.29 is 14.6 Å². The standard InChI is InChI=1S/C20H23N3O3S/c1-26-19(25)16-5-7-17(8-6-16)21-20(27)23-11-9-22(10-12-23)14-15-3-2-4-18(24)13-15/h2-8,13,24H,9-12,14H2,1H3,(H,21,27). The highest BCUT2D eigenvalue weighted by Gasteiger charge is 2.19. The first-order chi connectivity index (χ1) is 13.0. The number of esters is 1. The molecule has 0 amide bonds. The lowest BCUT2D eigenvalue weighted by molar-refractivity contribution is 0.0601. The summed E-state index contributed by atoms with van der Waals surface area (Å²) in [6.45, 7) is 4.30. The molecule has 2 aromatic rings. The summed E-state index contributed by atoms with van der Waals surface area (Å²) in [4.78, 5) is 16.0. The molecule has 0 aliphatic carbocycles. The Bertz CT molecular complexity index is 802. The fourth-order valence-electron chi connectivity index (χ4n) is 3.03. The normalized spacial score (nSPS) is 14.6. The van der Waals surface area contributed by atoms with Crippen LogP contribution in [0, 0.1) is 0 Å². The van der Waals surface area contributed by atoms with Gasteiger partial charge in [0.25, 0.3) is 0 Å². The largest absolute Gasteiger partial charge is 0.508 e. The number of nitrogens with one attached hydrogen (secondary N) is 1. The van der Waals surface area contributed by atoms with E-state index in [-0.39, 0.29) is 5.97 Å². The van der Waals surface area contributed by atoms with E-state index >= 15 is 0 Å². The molecule has 2 N–H and O–H groups in total. The smallest absolute Gasteiger partial charge is 0.337 e. The van der Waals surface area contributed by atoms with Crippen LogP contribution in [0.1, 0.15) is 15.9 Å². The van der Waals surface area contributed by atoms with Crippen LogP contribution in [0.5, 0.6) is 5.75 Å². The lowest BCUT2D eigenvalue weighted by atomic mass is 10.2. The molecule has 0 spiro atoms. The summed E-state index contributed by atoms with van der Waals surface area (Å²) in [5.74, 6) is -0.0540. The molecular weight excluding hydrogens is 362 g/mol. The summed E-state index contributed by atoms with van der Waals surface area (Å²) in [5, 5.41) is 13.5. The number of anilines is 1. The average Bonchev–Trinajstić information content (AvgIpc) is 2.68. The van der Waals surface area contributed by atoms with Gasteiger partial charge in [0.2, 0.25) is 0 Å². The van der Waals surface area contributed by atoms with Gasteiger partial charge in [-0.3, -0.25) is 4.90 Å². The third-order valence-corrected chi connectivity index (χ3v) is 4.89. The lowest BCUT2D eigenvalue weighted by Crippen LogP contribution is -2.49. The zero-order valence-corrected chi connectivity index (χ0v) is 16.0. The van der Waals surface area contributed by atoms with Gasteiger partial charge >= 0.3 is 5.97 Å². The van der Waals surface area contributed by atoms with Crippen molar-refractivity contribution in [3.63, 3.8) is 0 Å². The number of rotatable bonds is 4. The summed E-state index contributed by atoms with van der Waals surface area (Å²) < 4.78 is 4.70. The molecule has 0 radical (unpaired) electrons. The SMILES string of the molecule is COC(=O)c1ccc(NC(=S)N2CCN(Cc3cccc(O)c3)CC2)cc1. The number of thiocarbonyl (C=S) groups is 1. The molecule has 0 aromatic heterocycles. The minimum absolute atomic E-state index is 0.301. The average molecular weight is 385 g/mol. The number of carbonyl (C=O) groups excluding carboxylic acids is 1. The van der Waals surface area contributed by atoms with Gasteiger partial charge in [-0.25, -0.2) is 4.79 Å². The van der Waals surface area contributed by atoms with E-state index in [1.165, 1.54) is 7.11 Å². The Labute approximate surface area is 164 Å². The summed E-state index contributed by atoms with van der Waals surface area (Å²) in [6.07, 6.45) is 0. The molecule has 1 fully saturated rings. The predicted octanol–water partition coefficient (Wildman–Crippen LogP) is 2.69. The lowest BCUT2D eigenvalue weighted by Gasteiger charge is -2.36. The van der Waals surface area contributed by atoms with Crippen molar-refractivity contribution in [2.24, 2.45) is 0 Å². The summed E-state index contributed by atoms with van der Waals surface area (Å²) in [6, 6.07) is 14.4. The Balaban J connectivity index is 1.49. The van der Waals surface area contributed by atoms with Gasteiger partial charge in [0.15, 0.2) is 5.11 Å². The highest BCUT2D eigenvalue weighted by Crippen LogP contribution is 2.15. The van der Waals surface area contributed by atoms with Crippen molar-refractivity contribution in [3.8, 4) is 5.75 Å². The van der Waals surface area contributed by atoms with Crippen LogP contribution in [0.4, 0.5) is 5.69 Å². The molecular formula is C20H23N3O3S. The van der Waals surface area contributed by atoms with Crippen molar-refractivity contribution in [1.29, 1.82) is 0 Å². The van der Waals surface area contributed by atoms with E-state index in [9.17, 15) is 9.90 Å². The monoisotopic (exact) mass is 385 g/mol. The molecule has 6 nitrogen and oxygen atoms in total. The van der Waals surface area contributed by atoms with E-state index < -0.39 is 0 Å². The summed E-state index contributed by atoms with van der Waals surface area (Å²) in [5.41, 5.74) is 2.46. The summed E-state index contributed by atoms with van der Waals surface area (Å²) >= 11 is 5.52. The number of piperazine rings is 1. The molecule has 1 aliphatic rings. The van der Waals surface area contributed by atoms with Gasteiger partial charge in [-0.1, -0.05) is 12.1 Å². The zero-order chi connectivity index (χ0) is 19.2. The fraction of sp³-hybridized carbons (Fsp3) is 0.300. The van der Waals surface area contributed by atoms with Crippen molar-refractivity contribution in [2.75, 3.05) is 38.6 Å². The molecule has 142 valence electrons. The molecule has 0 unspecified atom stereocenters. The number of aromatic hydroxyl groups is 1. The maximum Gasteiger partial charge on any atom is 0.337 e. The van der Waals surface area contributed by atoms with Crippen molar-refractivity contribution in [3.05, 3.63) is 59.7 Å². The van der Waals surface area contributed by atoms with Gasteiger partial charge in [0, 0.05) is 38.4 Å². The first-order valence-electron chi connectivity index (χ1n) is 8.80. The van der Waals surface area contributed by atoms with Gasteiger partial charge in [-0.2, -0.15) is 0 Å². The second-order valence-corrected chi connectivity index (χ2v) is 6.82. The van der Waals surface area contributed by atoms with Crippen LogP contribution >= 0.6 is 12.2 Å². The Morgan fingerprint density at radius 1 is 1.15 bits per heavy atom. The van der Waals surface area contributed by atoms with Gasteiger partial charge < -0.3 is 20.1 Å². The quantitative estimate of drug-likeness (QED) is 0.620. The van der Waals surface area contributed by atoms with Crippen LogP contribution in [0.2, 0.25) is 0 Å². The molecule has 7 heteroatoms. The van der Waals surface area contributed by atoms with E-state index in [0.717, 1.165) is 44.0 Å². The number of phenolic OH excluding ortho intramolecular Hbond substituents is 1. The Hall–Kier alpha value is -2.64. The molecule has 2 aromatic carbocycles. The van der Waals surface area contributed by atoms with E-state index in [1.54, 1.807) is 24.3 Å².